The Bertz CT molecular complexity index is 1220. The Morgan fingerprint density at radius 3 is 2.73 bits per heavy atom. The van der Waals surface area contributed by atoms with Crippen molar-refractivity contribution >= 4 is 38.7 Å². The van der Waals surface area contributed by atoms with E-state index in [9.17, 15) is 10.1 Å². The summed E-state index contributed by atoms with van der Waals surface area (Å²) in [6.45, 7) is 2.61. The second kappa shape index (κ2) is 10.7. The first kappa shape index (κ1) is 23.1. The van der Waals surface area contributed by atoms with E-state index in [0.717, 1.165) is 34.9 Å². The Balaban J connectivity index is 1.45. The summed E-state index contributed by atoms with van der Waals surface area (Å²) in [4.78, 5) is 12.7. The van der Waals surface area contributed by atoms with Crippen LogP contribution in [0.1, 0.15) is 43.7 Å². The number of nitrogens with one attached hydrogen (secondary N) is 1. The van der Waals surface area contributed by atoms with Gasteiger partial charge in [-0.1, -0.05) is 68.3 Å². The van der Waals surface area contributed by atoms with Crippen LogP contribution >= 0.6 is 15.9 Å². The van der Waals surface area contributed by atoms with Crippen LogP contribution in [0.5, 0.6) is 5.75 Å². The first-order chi connectivity index (χ1) is 16.0. The molecule has 168 valence electrons. The number of nitrogens with zero attached hydrogens (tertiary/aromatic N) is 1. The maximum absolute atomic E-state index is 12.7. The zero-order chi connectivity index (χ0) is 23.2. The van der Waals surface area contributed by atoms with Crippen molar-refractivity contribution < 1.29 is 9.53 Å². The highest BCUT2D eigenvalue weighted by atomic mass is 79.9. The maximum Gasteiger partial charge on any atom is 0.262 e. The second-order valence-electron chi connectivity index (χ2n) is 8.63. The molecular weight excluding hydrogens is 476 g/mol. The largest absolute Gasteiger partial charge is 0.488 e. The molecule has 3 aromatic carbocycles. The molecule has 2 atom stereocenters. The van der Waals surface area contributed by atoms with Gasteiger partial charge in [-0.25, -0.2) is 0 Å². The number of halogens is 1. The molecule has 1 N–H and O–H groups in total. The molecule has 0 spiro atoms. The Kier molecular flexibility index (Phi) is 7.47. The van der Waals surface area contributed by atoms with Crippen LogP contribution < -0.4 is 10.1 Å². The summed E-state index contributed by atoms with van der Waals surface area (Å²) in [6.07, 6.45) is 6.04. The third kappa shape index (κ3) is 5.64. The van der Waals surface area contributed by atoms with Gasteiger partial charge in [0.1, 0.15) is 24.0 Å². The molecule has 0 aliphatic heterocycles. The average Bonchev–Trinajstić information content (AvgIpc) is 2.83. The first-order valence-corrected chi connectivity index (χ1v) is 12.2. The van der Waals surface area contributed by atoms with Crippen molar-refractivity contribution in [1.82, 2.24) is 5.32 Å². The third-order valence-corrected chi connectivity index (χ3v) is 6.94. The highest BCUT2D eigenvalue weighted by Gasteiger charge is 2.24. The number of ether oxygens (including phenoxy) is 1. The fraction of sp³-hybridized carbons (Fsp3) is 0.286. The van der Waals surface area contributed by atoms with Crippen LogP contribution in [0.15, 0.2) is 70.7 Å². The van der Waals surface area contributed by atoms with Gasteiger partial charge in [0.15, 0.2) is 0 Å². The number of fused-ring (bicyclic) bond motifs is 1. The zero-order valence-corrected chi connectivity index (χ0v) is 20.3. The minimum absolute atomic E-state index is 0.115. The van der Waals surface area contributed by atoms with Crippen LogP contribution in [0.25, 0.3) is 16.8 Å². The minimum atomic E-state index is -0.302. The number of hydrogen-bond donors (Lipinski definition) is 1. The molecule has 0 heterocycles. The summed E-state index contributed by atoms with van der Waals surface area (Å²) in [6, 6.07) is 22.2. The Hall–Kier alpha value is -3.10. The number of rotatable bonds is 6. The topological polar surface area (TPSA) is 62.1 Å². The van der Waals surface area contributed by atoms with E-state index in [0.29, 0.717) is 18.3 Å². The van der Waals surface area contributed by atoms with Gasteiger partial charge in [0.05, 0.1) is 4.47 Å². The fourth-order valence-electron chi connectivity index (χ4n) is 4.39. The quantitative estimate of drug-likeness (QED) is 0.298. The summed E-state index contributed by atoms with van der Waals surface area (Å²) in [7, 11) is 0. The van der Waals surface area contributed by atoms with E-state index in [1.165, 1.54) is 17.2 Å². The number of carbonyl (C=O) groups is 1. The van der Waals surface area contributed by atoms with Gasteiger partial charge in [0.25, 0.3) is 5.91 Å². The van der Waals surface area contributed by atoms with E-state index >= 15 is 0 Å². The molecule has 0 radical (unpaired) electrons. The number of hydrogen-bond acceptors (Lipinski definition) is 3. The third-order valence-electron chi connectivity index (χ3n) is 6.32. The predicted molar refractivity (Wildman–Crippen MR) is 136 cm³/mol. The number of benzene rings is 3. The van der Waals surface area contributed by atoms with E-state index in [1.54, 1.807) is 6.08 Å². The van der Waals surface area contributed by atoms with Gasteiger partial charge in [-0.05, 0) is 74.8 Å². The molecule has 5 heteroatoms. The Labute approximate surface area is 203 Å². The molecule has 0 unspecified atom stereocenters. The van der Waals surface area contributed by atoms with Gasteiger partial charge in [0, 0.05) is 6.04 Å². The van der Waals surface area contributed by atoms with Crippen molar-refractivity contribution in [3.8, 4) is 11.8 Å². The van der Waals surface area contributed by atoms with E-state index < -0.39 is 0 Å². The number of nitriles is 1. The lowest BCUT2D eigenvalue weighted by Crippen LogP contribution is -2.41. The summed E-state index contributed by atoms with van der Waals surface area (Å²) < 4.78 is 6.84. The monoisotopic (exact) mass is 502 g/mol. The van der Waals surface area contributed by atoms with E-state index in [1.807, 2.05) is 36.4 Å². The SMILES string of the molecule is C[C@H]1CCCC[C@H]1NC(=O)/C(C#N)=C/c1ccc(OCc2cccc3ccccc23)c(Br)c1. The van der Waals surface area contributed by atoms with Gasteiger partial charge in [-0.3, -0.25) is 4.79 Å². The number of carbonyl (C=O) groups excluding carboxylic acids is 1. The van der Waals surface area contributed by atoms with Crippen molar-refractivity contribution in [3.05, 3.63) is 81.8 Å². The van der Waals surface area contributed by atoms with Crippen molar-refractivity contribution in [1.29, 1.82) is 5.26 Å². The molecular formula is C28H27BrN2O2. The van der Waals surface area contributed by atoms with Crippen molar-refractivity contribution in [3.63, 3.8) is 0 Å². The maximum atomic E-state index is 12.7. The van der Waals surface area contributed by atoms with Crippen molar-refractivity contribution in [2.75, 3.05) is 0 Å². The van der Waals surface area contributed by atoms with Crippen molar-refractivity contribution in [2.24, 2.45) is 5.92 Å². The Morgan fingerprint density at radius 2 is 1.94 bits per heavy atom. The van der Waals surface area contributed by atoms with E-state index in [4.69, 9.17) is 4.74 Å². The smallest absolute Gasteiger partial charge is 0.262 e. The summed E-state index contributed by atoms with van der Waals surface area (Å²) in [5.41, 5.74) is 2.00. The zero-order valence-electron chi connectivity index (χ0n) is 18.7. The van der Waals surface area contributed by atoms with Crippen LogP contribution in [-0.2, 0) is 11.4 Å². The molecule has 1 fully saturated rings. The lowest BCUT2D eigenvalue weighted by Gasteiger charge is -2.29. The van der Waals surface area contributed by atoms with Gasteiger partial charge >= 0.3 is 0 Å². The van der Waals surface area contributed by atoms with Gasteiger partial charge in [-0.2, -0.15) is 5.26 Å². The summed E-state index contributed by atoms with van der Waals surface area (Å²) >= 11 is 3.57. The van der Waals surface area contributed by atoms with Gasteiger partial charge in [-0.15, -0.1) is 0 Å². The van der Waals surface area contributed by atoms with Crippen LogP contribution in [0.3, 0.4) is 0 Å². The molecule has 1 aliphatic rings. The highest BCUT2D eigenvalue weighted by Crippen LogP contribution is 2.29. The highest BCUT2D eigenvalue weighted by molar-refractivity contribution is 9.10. The molecule has 0 aromatic heterocycles. The second-order valence-corrected chi connectivity index (χ2v) is 9.48. The molecule has 0 bridgehead atoms. The molecule has 33 heavy (non-hydrogen) atoms. The standard InChI is InChI=1S/C28H27BrN2O2/c1-19-7-2-5-12-26(19)31-28(32)23(17-30)15-20-13-14-27(25(29)16-20)33-18-22-10-6-9-21-8-3-4-11-24(21)22/h3-4,6,8-11,13-16,19,26H,2,5,7,12,18H2,1H3,(H,31,32)/b23-15+/t19-,26+/m0/s1. The molecule has 0 saturated heterocycles. The summed E-state index contributed by atoms with van der Waals surface area (Å²) in [5.74, 6) is 0.845. The predicted octanol–water partition coefficient (Wildman–Crippen LogP) is 6.78. The lowest BCUT2D eigenvalue weighted by molar-refractivity contribution is -0.118. The van der Waals surface area contributed by atoms with Crippen LogP contribution in [0.4, 0.5) is 0 Å². The van der Waals surface area contributed by atoms with Gasteiger partial charge in [0.2, 0.25) is 0 Å². The Morgan fingerprint density at radius 1 is 1.15 bits per heavy atom. The van der Waals surface area contributed by atoms with Crippen molar-refractivity contribution in [2.45, 2.75) is 45.3 Å². The van der Waals surface area contributed by atoms with Crippen LogP contribution in [0, 0.1) is 17.2 Å². The lowest BCUT2D eigenvalue weighted by atomic mass is 9.86. The van der Waals surface area contributed by atoms with E-state index in [-0.39, 0.29) is 17.5 Å². The minimum Gasteiger partial charge on any atom is -0.488 e. The molecule has 1 saturated carbocycles. The normalized spacial score (nSPS) is 18.5. The van der Waals surface area contributed by atoms with Gasteiger partial charge < -0.3 is 10.1 Å². The molecule has 1 aliphatic carbocycles. The van der Waals surface area contributed by atoms with E-state index in [2.05, 4.69) is 58.5 Å². The van der Waals surface area contributed by atoms with Crippen LogP contribution in [0.2, 0.25) is 0 Å². The average molecular weight is 503 g/mol. The molecule has 1 amide bonds. The first-order valence-electron chi connectivity index (χ1n) is 11.4. The molecule has 4 nitrogen and oxygen atoms in total. The number of amides is 1. The molecule has 4 rings (SSSR count). The van der Waals surface area contributed by atoms with Crippen LogP contribution in [-0.4, -0.2) is 11.9 Å². The summed E-state index contributed by atoms with van der Waals surface area (Å²) in [5, 5.41) is 15.0. The fourth-order valence-corrected chi connectivity index (χ4v) is 4.90. The molecule has 3 aromatic rings.